The van der Waals surface area contributed by atoms with Gasteiger partial charge in [-0.2, -0.15) is 0 Å². The minimum atomic E-state index is -0.398. The Balaban J connectivity index is 1.49. The molecule has 0 aromatic heterocycles. The number of nitrogens with zero attached hydrogens (tertiary/aromatic N) is 3. The lowest BCUT2D eigenvalue weighted by Gasteiger charge is -2.32. The van der Waals surface area contributed by atoms with Crippen LogP contribution in [0.25, 0.3) is 0 Å². The van der Waals surface area contributed by atoms with Gasteiger partial charge in [0.15, 0.2) is 0 Å². The smallest absolute Gasteiger partial charge is 0.399 e. The normalized spacial score (nSPS) is 24.6. The van der Waals surface area contributed by atoms with Gasteiger partial charge in [0.05, 0.1) is 17.7 Å². The zero-order valence-corrected chi connectivity index (χ0v) is 17.8. The zero-order valence-electron chi connectivity index (χ0n) is 17.8. The Morgan fingerprint density at radius 2 is 1.68 bits per heavy atom. The van der Waals surface area contributed by atoms with E-state index >= 15 is 0 Å². The number of benzene rings is 1. The molecule has 0 spiro atoms. The number of carbonyl (C=O) groups is 1. The van der Waals surface area contributed by atoms with E-state index in [1.807, 2.05) is 4.90 Å². The number of likely N-dealkylation sites (N-methyl/N-ethyl adjacent to an activating group) is 1. The van der Waals surface area contributed by atoms with Gasteiger partial charge in [0.1, 0.15) is 0 Å². The van der Waals surface area contributed by atoms with Crippen LogP contribution in [0.1, 0.15) is 33.3 Å². The van der Waals surface area contributed by atoms with E-state index in [1.54, 1.807) is 0 Å². The van der Waals surface area contributed by atoms with Gasteiger partial charge in [0, 0.05) is 38.4 Å². The second kappa shape index (κ2) is 7.13. The number of rotatable bonds is 3. The third-order valence-corrected chi connectivity index (χ3v) is 6.79. The Labute approximate surface area is 168 Å². The Morgan fingerprint density at radius 1 is 1.04 bits per heavy atom. The van der Waals surface area contributed by atoms with E-state index in [1.165, 1.54) is 5.56 Å². The summed E-state index contributed by atoms with van der Waals surface area (Å²) in [5.41, 5.74) is 2.50. The Bertz CT molecular complexity index is 743. The lowest BCUT2D eigenvalue weighted by atomic mass is 9.78. The van der Waals surface area contributed by atoms with Gasteiger partial charge < -0.3 is 19.1 Å². The molecular weight excluding hydrogens is 353 g/mol. The van der Waals surface area contributed by atoms with Crippen molar-refractivity contribution in [2.45, 2.75) is 45.3 Å². The molecule has 7 heteroatoms. The van der Waals surface area contributed by atoms with Crippen LogP contribution in [0.4, 0.5) is 5.69 Å². The van der Waals surface area contributed by atoms with Crippen molar-refractivity contribution < 1.29 is 14.1 Å². The average molecular weight is 385 g/mol. The highest BCUT2D eigenvalue weighted by molar-refractivity contribution is 6.62. The van der Waals surface area contributed by atoms with Crippen molar-refractivity contribution >= 4 is 24.2 Å². The molecule has 0 radical (unpaired) electrons. The van der Waals surface area contributed by atoms with Gasteiger partial charge >= 0.3 is 7.12 Å². The van der Waals surface area contributed by atoms with E-state index in [9.17, 15) is 4.79 Å². The molecule has 2 fully saturated rings. The molecule has 1 amide bonds. The molecule has 1 aromatic rings. The van der Waals surface area contributed by atoms with Gasteiger partial charge in [0.25, 0.3) is 0 Å². The maximum Gasteiger partial charge on any atom is 0.494 e. The summed E-state index contributed by atoms with van der Waals surface area (Å²) in [6, 6.07) is 6.29. The van der Waals surface area contributed by atoms with Crippen molar-refractivity contribution in [3.05, 3.63) is 23.8 Å². The van der Waals surface area contributed by atoms with Gasteiger partial charge in [-0.3, -0.25) is 9.69 Å². The molecule has 1 aromatic carbocycles. The van der Waals surface area contributed by atoms with Crippen LogP contribution in [0.3, 0.4) is 0 Å². The van der Waals surface area contributed by atoms with Crippen LogP contribution in [0.2, 0.25) is 0 Å². The quantitative estimate of drug-likeness (QED) is 0.730. The lowest BCUT2D eigenvalue weighted by Crippen LogP contribution is -2.48. The molecule has 28 heavy (non-hydrogen) atoms. The fourth-order valence-electron chi connectivity index (χ4n) is 4.06. The number of piperazine rings is 1. The van der Waals surface area contributed by atoms with Gasteiger partial charge in [-0.25, -0.2) is 0 Å². The van der Waals surface area contributed by atoms with E-state index in [-0.39, 0.29) is 17.1 Å². The van der Waals surface area contributed by atoms with Crippen LogP contribution in [0.15, 0.2) is 18.2 Å². The van der Waals surface area contributed by atoms with Gasteiger partial charge in [0.2, 0.25) is 5.91 Å². The van der Waals surface area contributed by atoms with Crippen molar-refractivity contribution in [3.8, 4) is 0 Å². The Morgan fingerprint density at radius 3 is 2.32 bits per heavy atom. The molecule has 152 valence electrons. The van der Waals surface area contributed by atoms with Crippen LogP contribution < -0.4 is 10.4 Å². The Hall–Kier alpha value is -1.41. The summed E-state index contributed by atoms with van der Waals surface area (Å²) in [5, 5.41) is 0. The number of carbonyl (C=O) groups excluding carboxylic acids is 1. The standard InChI is InChI=1S/C21H32BN3O3/c1-20(2)21(3,4)28-22(27-20)17-7-6-16-8-9-25(18(16)14-17)19(26)15-24-12-10-23(5)11-13-24/h6-7,14H,8-13,15H2,1-5H3. The fraction of sp³-hybridized carbons (Fsp3) is 0.667. The third kappa shape index (κ3) is 3.61. The van der Waals surface area contributed by atoms with E-state index < -0.39 is 7.12 Å². The molecule has 3 aliphatic heterocycles. The maximum absolute atomic E-state index is 13.0. The molecule has 3 heterocycles. The first-order valence-electron chi connectivity index (χ1n) is 10.4. The van der Waals surface area contributed by atoms with Gasteiger partial charge in [-0.05, 0) is 58.3 Å². The molecule has 0 N–H and O–H groups in total. The molecule has 0 saturated carbocycles. The minimum Gasteiger partial charge on any atom is -0.399 e. The lowest BCUT2D eigenvalue weighted by molar-refractivity contribution is -0.120. The SMILES string of the molecule is CN1CCN(CC(=O)N2CCc3ccc(B4OC(C)(C)C(C)(C)O4)cc32)CC1. The predicted molar refractivity (Wildman–Crippen MR) is 112 cm³/mol. The average Bonchev–Trinajstić information content (AvgIpc) is 3.14. The second-order valence-electron chi connectivity index (χ2n) is 9.35. The first-order chi connectivity index (χ1) is 13.2. The van der Waals surface area contributed by atoms with Crippen molar-refractivity contribution in [2.75, 3.05) is 51.2 Å². The molecule has 0 unspecified atom stereocenters. The number of hydrogen-bond acceptors (Lipinski definition) is 5. The molecule has 0 aliphatic carbocycles. The van der Waals surface area contributed by atoms with E-state index in [2.05, 4.69) is 62.7 Å². The molecule has 3 aliphatic rings. The number of anilines is 1. The van der Waals surface area contributed by atoms with E-state index in [4.69, 9.17) is 9.31 Å². The minimum absolute atomic E-state index is 0.189. The first kappa shape index (κ1) is 19.9. The topological polar surface area (TPSA) is 45.2 Å². The van der Waals surface area contributed by atoms with Crippen molar-refractivity contribution in [3.63, 3.8) is 0 Å². The third-order valence-electron chi connectivity index (χ3n) is 6.79. The Kier molecular flexibility index (Phi) is 5.07. The summed E-state index contributed by atoms with van der Waals surface area (Å²) in [6.45, 7) is 13.5. The van der Waals surface area contributed by atoms with Crippen molar-refractivity contribution in [1.29, 1.82) is 0 Å². The molecule has 0 bridgehead atoms. The van der Waals surface area contributed by atoms with E-state index in [0.29, 0.717) is 6.54 Å². The summed E-state index contributed by atoms with van der Waals surface area (Å²) in [4.78, 5) is 19.5. The summed E-state index contributed by atoms with van der Waals surface area (Å²) in [7, 11) is 1.73. The van der Waals surface area contributed by atoms with Crippen molar-refractivity contribution in [2.24, 2.45) is 0 Å². The summed E-state index contributed by atoms with van der Waals surface area (Å²) in [6.07, 6.45) is 0.910. The fourth-order valence-corrected chi connectivity index (χ4v) is 4.06. The highest BCUT2D eigenvalue weighted by Crippen LogP contribution is 2.37. The maximum atomic E-state index is 13.0. The highest BCUT2D eigenvalue weighted by atomic mass is 16.7. The number of amides is 1. The van der Waals surface area contributed by atoms with Crippen LogP contribution in [0, 0.1) is 0 Å². The molecule has 6 nitrogen and oxygen atoms in total. The molecule has 0 atom stereocenters. The van der Waals surface area contributed by atoms with Crippen LogP contribution in [0.5, 0.6) is 0 Å². The van der Waals surface area contributed by atoms with Crippen LogP contribution in [-0.2, 0) is 20.5 Å². The summed E-state index contributed by atoms with van der Waals surface area (Å²) < 4.78 is 12.4. The van der Waals surface area contributed by atoms with Gasteiger partial charge in [-0.15, -0.1) is 0 Å². The number of fused-ring (bicyclic) bond motifs is 1. The second-order valence-corrected chi connectivity index (χ2v) is 9.35. The van der Waals surface area contributed by atoms with Crippen LogP contribution in [-0.4, -0.2) is 80.3 Å². The van der Waals surface area contributed by atoms with Gasteiger partial charge in [-0.1, -0.05) is 12.1 Å². The summed E-state index contributed by atoms with van der Waals surface area (Å²) >= 11 is 0. The van der Waals surface area contributed by atoms with E-state index in [0.717, 1.165) is 50.3 Å². The molecule has 4 rings (SSSR count). The molecule has 2 saturated heterocycles. The number of hydrogen-bond donors (Lipinski definition) is 0. The largest absolute Gasteiger partial charge is 0.494 e. The first-order valence-corrected chi connectivity index (χ1v) is 10.4. The monoisotopic (exact) mass is 385 g/mol. The summed E-state index contributed by atoms with van der Waals surface area (Å²) in [5.74, 6) is 0.189. The molecular formula is C21H32BN3O3. The van der Waals surface area contributed by atoms with Crippen LogP contribution >= 0.6 is 0 Å². The zero-order chi connectivity index (χ0) is 20.1. The predicted octanol–water partition coefficient (Wildman–Crippen LogP) is 1.12. The van der Waals surface area contributed by atoms with Crippen molar-refractivity contribution in [1.82, 2.24) is 9.80 Å². The highest BCUT2D eigenvalue weighted by Gasteiger charge is 2.51.